The van der Waals surface area contributed by atoms with E-state index in [1.807, 2.05) is 0 Å². The van der Waals surface area contributed by atoms with E-state index >= 15 is 0 Å². The summed E-state index contributed by atoms with van der Waals surface area (Å²) < 4.78 is 21.4. The van der Waals surface area contributed by atoms with E-state index in [4.69, 9.17) is 14.4 Å². The van der Waals surface area contributed by atoms with Gasteiger partial charge in [0.05, 0.1) is 0 Å². The first kappa shape index (κ1) is 16.4. The van der Waals surface area contributed by atoms with Gasteiger partial charge in [-0.2, -0.15) is 0 Å². The maximum atomic E-state index is 10.2. The molecule has 0 fully saturated rings. The van der Waals surface area contributed by atoms with Crippen molar-refractivity contribution in [3.05, 3.63) is 0 Å². The molecule has 0 aliphatic heterocycles. The molecule has 0 aromatic rings. The van der Waals surface area contributed by atoms with E-state index in [9.17, 15) is 4.53 Å². The summed E-state index contributed by atoms with van der Waals surface area (Å²) in [6.45, 7) is 0. The summed E-state index contributed by atoms with van der Waals surface area (Å²) in [5.74, 6) is 0. The number of phosphoric acid groups is 1. The number of rotatable bonds is 1. The summed E-state index contributed by atoms with van der Waals surface area (Å²) in [7, 11) is -4.81. The van der Waals surface area contributed by atoms with Gasteiger partial charge in [0.25, 0.3) is 0 Å². The van der Waals surface area contributed by atoms with Crippen LogP contribution in [-0.4, -0.2) is 64.9 Å². The first-order valence-electron chi connectivity index (χ1n) is 0.919. The van der Waals surface area contributed by atoms with Crippen molar-refractivity contribution in [2.75, 3.05) is 0 Å². The summed E-state index contributed by atoms with van der Waals surface area (Å²) in [4.78, 5) is 14.7. The Morgan fingerprint density at radius 1 is 1.50 bits per heavy atom. The van der Waals surface area contributed by atoms with E-state index in [1.54, 1.807) is 0 Å². The predicted molar refractivity (Wildman–Crippen MR) is 32.7 cm³/mol. The van der Waals surface area contributed by atoms with Crippen LogP contribution in [0, 0.1) is 0 Å². The Bertz CT molecular complexity index is 80.1. The van der Waals surface area contributed by atoms with Crippen LogP contribution in [0.2, 0.25) is 0 Å². The monoisotopic (exact) mass is 188 g/mol. The van der Waals surface area contributed by atoms with Crippen molar-refractivity contribution < 1.29 is 23.6 Å². The second-order valence-corrected chi connectivity index (χ2v) is 1.68. The fourth-order valence-corrected chi connectivity index (χ4v) is 0. The Balaban J connectivity index is -0.000000125. The number of hydrogen-bond donors (Lipinski definition) is 2. The summed E-state index contributed by atoms with van der Waals surface area (Å²) >= 11 is 0. The van der Waals surface area contributed by atoms with Crippen LogP contribution in [0.5, 0.6) is 0 Å². The SMILES string of the molecule is O=P(O)(O)OF.[AlH3].[CaH2]. The van der Waals surface area contributed by atoms with Gasteiger partial charge in [0.15, 0.2) is 17.4 Å². The molecular formula is H7AlCaFO4P. The van der Waals surface area contributed by atoms with Gasteiger partial charge in [-0.1, -0.05) is 4.73 Å². The van der Waals surface area contributed by atoms with Crippen LogP contribution in [0.1, 0.15) is 0 Å². The van der Waals surface area contributed by atoms with Crippen LogP contribution in [0.4, 0.5) is 4.53 Å². The molecule has 0 heterocycles. The van der Waals surface area contributed by atoms with Gasteiger partial charge >= 0.3 is 45.6 Å². The summed E-state index contributed by atoms with van der Waals surface area (Å²) in [5.41, 5.74) is 0. The molecule has 0 bridgehead atoms. The van der Waals surface area contributed by atoms with Crippen LogP contribution in [0.25, 0.3) is 0 Å². The molecule has 0 saturated heterocycles. The van der Waals surface area contributed by atoms with Gasteiger partial charge in [-0.05, 0) is 4.53 Å². The van der Waals surface area contributed by atoms with Crippen molar-refractivity contribution in [3.8, 4) is 0 Å². The third kappa shape index (κ3) is 15.7. The predicted octanol–water partition coefficient (Wildman–Crippen LogP) is -2.12. The Labute approximate surface area is 85.7 Å². The second-order valence-electron chi connectivity index (χ2n) is 0.560. The Morgan fingerprint density at radius 3 is 1.62 bits per heavy atom. The molecule has 0 saturated carbocycles. The zero-order chi connectivity index (χ0) is 5.21. The van der Waals surface area contributed by atoms with E-state index < -0.39 is 7.82 Å². The van der Waals surface area contributed by atoms with Crippen molar-refractivity contribution in [1.29, 1.82) is 0 Å². The molecule has 0 aliphatic carbocycles. The fraction of sp³-hybridized carbons (Fsp3) is 0. The van der Waals surface area contributed by atoms with Gasteiger partial charge in [-0.3, -0.25) is 0 Å². The number of halogens is 1. The van der Waals surface area contributed by atoms with E-state index in [2.05, 4.69) is 4.73 Å². The molecule has 0 aliphatic rings. The average molecular weight is 188 g/mol. The van der Waals surface area contributed by atoms with Gasteiger partial charge in [-0.25, -0.2) is 4.57 Å². The third-order valence-electron chi connectivity index (χ3n) is 0.0899. The van der Waals surface area contributed by atoms with Crippen LogP contribution < -0.4 is 0 Å². The molecule has 0 amide bonds. The van der Waals surface area contributed by atoms with Gasteiger partial charge in [0.2, 0.25) is 0 Å². The molecule has 8 heavy (non-hydrogen) atoms. The molecule has 0 aromatic heterocycles. The zero-order valence-electron chi connectivity index (χ0n) is 2.54. The molecule has 0 aromatic carbocycles. The molecule has 0 rings (SSSR count). The van der Waals surface area contributed by atoms with Crippen molar-refractivity contribution in [1.82, 2.24) is 0 Å². The van der Waals surface area contributed by atoms with E-state index in [-0.39, 0.29) is 55.1 Å². The van der Waals surface area contributed by atoms with Crippen LogP contribution in [-0.2, 0) is 9.29 Å². The molecule has 48 valence electrons. The van der Waals surface area contributed by atoms with E-state index in [0.717, 1.165) is 0 Å². The molecule has 0 unspecified atom stereocenters. The zero-order valence-corrected chi connectivity index (χ0v) is 3.43. The number of hydrogen-bond acceptors (Lipinski definition) is 2. The Hall–Kier alpha value is 1.83. The van der Waals surface area contributed by atoms with E-state index in [1.165, 1.54) is 0 Å². The van der Waals surface area contributed by atoms with Gasteiger partial charge < -0.3 is 9.79 Å². The first-order chi connectivity index (χ1) is 2.56. The van der Waals surface area contributed by atoms with Gasteiger partial charge in [0, 0.05) is 0 Å². The normalized spacial score (nSPS) is 8.88. The molecule has 2 N–H and O–H groups in total. The summed E-state index contributed by atoms with van der Waals surface area (Å²) in [6, 6.07) is 0. The molecule has 4 nitrogen and oxygen atoms in total. The van der Waals surface area contributed by atoms with Crippen molar-refractivity contribution >= 4 is 62.9 Å². The van der Waals surface area contributed by atoms with E-state index in [0.29, 0.717) is 0 Å². The maximum absolute atomic E-state index is 10.2. The van der Waals surface area contributed by atoms with Crippen LogP contribution in [0.3, 0.4) is 0 Å². The van der Waals surface area contributed by atoms with Crippen LogP contribution >= 0.6 is 7.82 Å². The fourth-order valence-electron chi connectivity index (χ4n) is 0. The molecule has 0 spiro atoms. The van der Waals surface area contributed by atoms with Gasteiger partial charge in [0.1, 0.15) is 0 Å². The second kappa shape index (κ2) is 6.95. The van der Waals surface area contributed by atoms with Crippen LogP contribution in [0.15, 0.2) is 0 Å². The molecule has 0 atom stereocenters. The molecular weight excluding hydrogens is 181 g/mol. The standard InChI is InChI=1S/Al.Ca.FH2O4P.5H/c;;1-5-6(2,3)4;;;;;/h;;(H2,2,3,4);;;;;. The molecule has 0 radical (unpaired) electrons. The summed E-state index contributed by atoms with van der Waals surface area (Å²) in [6.07, 6.45) is 0. The van der Waals surface area contributed by atoms with Crippen molar-refractivity contribution in [3.63, 3.8) is 0 Å². The quantitative estimate of drug-likeness (QED) is 0.364. The first-order valence-corrected chi connectivity index (χ1v) is 2.45. The average Bonchev–Trinajstić information content (AvgIpc) is 1.35. The Kier molecular flexibility index (Phi) is 14.3. The minimum absolute atomic E-state index is 0. The topological polar surface area (TPSA) is 66.8 Å². The van der Waals surface area contributed by atoms with Crippen molar-refractivity contribution in [2.24, 2.45) is 0 Å². The Morgan fingerprint density at radius 2 is 1.62 bits per heavy atom. The summed E-state index contributed by atoms with van der Waals surface area (Å²) in [5, 5.41) is 0. The van der Waals surface area contributed by atoms with Crippen molar-refractivity contribution in [2.45, 2.75) is 0 Å². The molecule has 8 heteroatoms. The van der Waals surface area contributed by atoms with Gasteiger partial charge in [-0.15, -0.1) is 0 Å². The minimum atomic E-state index is -4.81. The third-order valence-corrected chi connectivity index (χ3v) is 0.270.